The molecule has 0 aliphatic heterocycles. The Morgan fingerprint density at radius 3 is 2.81 bits per heavy atom. The summed E-state index contributed by atoms with van der Waals surface area (Å²) in [5.41, 5.74) is 7.53. The Kier molecular flexibility index (Phi) is 3.71. The van der Waals surface area contributed by atoms with Crippen LogP contribution in [0.5, 0.6) is 0 Å². The Balaban J connectivity index is 2.95. The van der Waals surface area contributed by atoms with Crippen LogP contribution in [0.15, 0.2) is 18.3 Å². The highest BCUT2D eigenvalue weighted by Gasteiger charge is 2.19. The zero-order valence-electron chi connectivity index (χ0n) is 10.0. The molecule has 0 spiro atoms. The second-order valence-electron chi connectivity index (χ2n) is 3.88. The minimum atomic E-state index is -0.125. The minimum absolute atomic E-state index is 0.125. The van der Waals surface area contributed by atoms with E-state index in [1.165, 1.54) is 6.20 Å². The molecule has 1 amide bonds. The SMILES string of the molecule is C=C(C)CN(C)C(=O)c1c(N)cnn1CC. The first-order valence-electron chi connectivity index (χ1n) is 5.18. The molecule has 0 unspecified atom stereocenters. The normalized spacial score (nSPS) is 10.2. The molecular weight excluding hydrogens is 204 g/mol. The van der Waals surface area contributed by atoms with Crippen molar-refractivity contribution in [2.24, 2.45) is 0 Å². The number of aromatic nitrogens is 2. The maximum atomic E-state index is 12.1. The van der Waals surface area contributed by atoms with Crippen LogP contribution in [0.1, 0.15) is 24.3 Å². The van der Waals surface area contributed by atoms with E-state index in [2.05, 4.69) is 11.7 Å². The fourth-order valence-electron chi connectivity index (χ4n) is 1.53. The predicted octanol–water partition coefficient (Wildman–Crippen LogP) is 1.13. The van der Waals surface area contributed by atoms with Gasteiger partial charge in [0.1, 0.15) is 5.69 Å². The van der Waals surface area contributed by atoms with Gasteiger partial charge >= 0.3 is 0 Å². The van der Waals surface area contributed by atoms with E-state index < -0.39 is 0 Å². The van der Waals surface area contributed by atoms with E-state index in [1.54, 1.807) is 16.6 Å². The van der Waals surface area contributed by atoms with Crippen molar-refractivity contribution in [3.63, 3.8) is 0 Å². The van der Waals surface area contributed by atoms with Gasteiger partial charge in [-0.25, -0.2) is 0 Å². The summed E-state index contributed by atoms with van der Waals surface area (Å²) >= 11 is 0. The number of aryl methyl sites for hydroxylation is 1. The van der Waals surface area contributed by atoms with Crippen molar-refractivity contribution < 1.29 is 4.79 Å². The first kappa shape index (κ1) is 12.3. The highest BCUT2D eigenvalue weighted by molar-refractivity contribution is 5.97. The first-order valence-corrected chi connectivity index (χ1v) is 5.18. The lowest BCUT2D eigenvalue weighted by molar-refractivity contribution is 0.0796. The third-order valence-corrected chi connectivity index (χ3v) is 2.22. The smallest absolute Gasteiger partial charge is 0.274 e. The molecule has 0 aliphatic rings. The lowest BCUT2D eigenvalue weighted by Crippen LogP contribution is -2.30. The standard InChI is InChI=1S/C11H18N4O/c1-5-15-10(9(12)6-13-15)11(16)14(4)7-8(2)3/h6H,2,5,7,12H2,1,3-4H3. The average Bonchev–Trinajstić information content (AvgIpc) is 2.57. The Morgan fingerprint density at radius 2 is 2.31 bits per heavy atom. The number of nitrogen functional groups attached to an aromatic ring is 1. The zero-order chi connectivity index (χ0) is 12.3. The highest BCUT2D eigenvalue weighted by Crippen LogP contribution is 2.13. The molecule has 1 aromatic heterocycles. The molecular formula is C11H18N4O. The number of rotatable bonds is 4. The Labute approximate surface area is 95.5 Å². The van der Waals surface area contributed by atoms with E-state index in [1.807, 2.05) is 13.8 Å². The summed E-state index contributed by atoms with van der Waals surface area (Å²) in [6, 6.07) is 0. The van der Waals surface area contributed by atoms with Gasteiger partial charge in [0.15, 0.2) is 0 Å². The summed E-state index contributed by atoms with van der Waals surface area (Å²) < 4.78 is 1.60. The molecule has 0 saturated heterocycles. The fourth-order valence-corrected chi connectivity index (χ4v) is 1.53. The summed E-state index contributed by atoms with van der Waals surface area (Å²) in [5, 5.41) is 4.04. The van der Waals surface area contributed by atoms with Crippen LogP contribution in [0.2, 0.25) is 0 Å². The van der Waals surface area contributed by atoms with Gasteiger partial charge in [-0.15, -0.1) is 0 Å². The van der Waals surface area contributed by atoms with E-state index in [-0.39, 0.29) is 5.91 Å². The van der Waals surface area contributed by atoms with Gasteiger partial charge in [-0.1, -0.05) is 12.2 Å². The van der Waals surface area contributed by atoms with Crippen molar-refractivity contribution in [1.82, 2.24) is 14.7 Å². The fraction of sp³-hybridized carbons (Fsp3) is 0.455. The van der Waals surface area contributed by atoms with E-state index in [4.69, 9.17) is 5.73 Å². The van der Waals surface area contributed by atoms with Gasteiger partial charge in [-0.05, 0) is 13.8 Å². The Hall–Kier alpha value is -1.78. The molecule has 1 heterocycles. The van der Waals surface area contributed by atoms with Crippen molar-refractivity contribution in [3.05, 3.63) is 24.0 Å². The second kappa shape index (κ2) is 4.83. The molecule has 0 bridgehead atoms. The molecule has 1 rings (SSSR count). The average molecular weight is 222 g/mol. The lowest BCUT2D eigenvalue weighted by atomic mass is 10.3. The van der Waals surface area contributed by atoms with E-state index in [0.717, 1.165) is 5.57 Å². The number of hydrogen-bond donors (Lipinski definition) is 1. The monoisotopic (exact) mass is 222 g/mol. The van der Waals surface area contributed by atoms with Crippen molar-refractivity contribution in [2.45, 2.75) is 20.4 Å². The quantitative estimate of drug-likeness (QED) is 0.777. The third kappa shape index (κ3) is 2.42. The Bertz CT molecular complexity index is 408. The van der Waals surface area contributed by atoms with E-state index >= 15 is 0 Å². The van der Waals surface area contributed by atoms with Gasteiger partial charge in [-0.2, -0.15) is 5.10 Å². The van der Waals surface area contributed by atoms with Gasteiger partial charge in [0, 0.05) is 20.1 Å². The molecule has 0 aromatic carbocycles. The molecule has 0 atom stereocenters. The molecule has 0 aliphatic carbocycles. The zero-order valence-corrected chi connectivity index (χ0v) is 10.0. The number of anilines is 1. The molecule has 16 heavy (non-hydrogen) atoms. The number of nitrogens with zero attached hydrogens (tertiary/aromatic N) is 3. The minimum Gasteiger partial charge on any atom is -0.396 e. The van der Waals surface area contributed by atoms with E-state index in [9.17, 15) is 4.79 Å². The summed E-state index contributed by atoms with van der Waals surface area (Å²) in [5.74, 6) is -0.125. The van der Waals surface area contributed by atoms with Crippen LogP contribution in [0.3, 0.4) is 0 Å². The molecule has 5 nitrogen and oxygen atoms in total. The number of hydrogen-bond acceptors (Lipinski definition) is 3. The van der Waals surface area contributed by atoms with Crippen LogP contribution in [-0.2, 0) is 6.54 Å². The van der Waals surface area contributed by atoms with Crippen molar-refractivity contribution in [2.75, 3.05) is 19.3 Å². The van der Waals surface area contributed by atoms with Crippen molar-refractivity contribution >= 4 is 11.6 Å². The van der Waals surface area contributed by atoms with Gasteiger partial charge in [0.25, 0.3) is 5.91 Å². The topological polar surface area (TPSA) is 64.2 Å². The summed E-state index contributed by atoms with van der Waals surface area (Å²) in [4.78, 5) is 13.7. The van der Waals surface area contributed by atoms with E-state index in [0.29, 0.717) is 24.5 Å². The Morgan fingerprint density at radius 1 is 1.69 bits per heavy atom. The van der Waals surface area contributed by atoms with Crippen LogP contribution in [0.25, 0.3) is 0 Å². The first-order chi connectivity index (χ1) is 7.47. The molecule has 5 heteroatoms. The number of nitrogens with two attached hydrogens (primary N) is 1. The maximum absolute atomic E-state index is 12.1. The molecule has 0 fully saturated rings. The summed E-state index contributed by atoms with van der Waals surface area (Å²) in [6.07, 6.45) is 1.51. The number of amides is 1. The highest BCUT2D eigenvalue weighted by atomic mass is 16.2. The third-order valence-electron chi connectivity index (χ3n) is 2.22. The van der Waals surface area contributed by atoms with Crippen LogP contribution in [0.4, 0.5) is 5.69 Å². The van der Waals surface area contributed by atoms with Gasteiger partial charge in [-0.3, -0.25) is 9.48 Å². The van der Waals surface area contributed by atoms with Crippen LogP contribution < -0.4 is 5.73 Å². The summed E-state index contributed by atoms with van der Waals surface area (Å²) in [7, 11) is 1.73. The molecule has 1 aromatic rings. The molecule has 2 N–H and O–H groups in total. The summed E-state index contributed by atoms with van der Waals surface area (Å²) in [6.45, 7) is 8.72. The number of likely N-dealkylation sites (N-methyl/N-ethyl adjacent to an activating group) is 1. The van der Waals surface area contributed by atoms with Crippen LogP contribution >= 0.6 is 0 Å². The van der Waals surface area contributed by atoms with Crippen LogP contribution in [0, 0.1) is 0 Å². The van der Waals surface area contributed by atoms with Gasteiger partial charge in [0.05, 0.1) is 11.9 Å². The van der Waals surface area contributed by atoms with Crippen molar-refractivity contribution in [1.29, 1.82) is 0 Å². The lowest BCUT2D eigenvalue weighted by Gasteiger charge is -2.17. The maximum Gasteiger partial charge on any atom is 0.274 e. The second-order valence-corrected chi connectivity index (χ2v) is 3.88. The van der Waals surface area contributed by atoms with Gasteiger partial charge in [0.2, 0.25) is 0 Å². The van der Waals surface area contributed by atoms with Gasteiger partial charge < -0.3 is 10.6 Å². The largest absolute Gasteiger partial charge is 0.396 e. The predicted molar refractivity (Wildman–Crippen MR) is 64.1 cm³/mol. The number of carbonyl (C=O) groups excluding carboxylic acids is 1. The van der Waals surface area contributed by atoms with Crippen molar-refractivity contribution in [3.8, 4) is 0 Å². The molecule has 88 valence electrons. The number of carbonyl (C=O) groups is 1. The molecule has 0 saturated carbocycles. The van der Waals surface area contributed by atoms with Crippen LogP contribution in [-0.4, -0.2) is 34.2 Å². The molecule has 0 radical (unpaired) electrons.